The van der Waals surface area contributed by atoms with Gasteiger partial charge in [0.05, 0.1) is 0 Å². The van der Waals surface area contributed by atoms with Crippen LogP contribution in [0.15, 0.2) is 36.4 Å². The second-order valence-electron chi connectivity index (χ2n) is 5.38. The van der Waals surface area contributed by atoms with E-state index in [1.54, 1.807) is 0 Å². The molecule has 1 saturated heterocycles. The normalized spacial score (nSPS) is 17.5. The minimum Gasteiger partial charge on any atom is -0.381 e. The van der Waals surface area contributed by atoms with Crippen molar-refractivity contribution in [1.82, 2.24) is 4.90 Å². The Morgan fingerprint density at radius 2 is 1.79 bits per heavy atom. The van der Waals surface area contributed by atoms with Crippen molar-refractivity contribution in [1.29, 1.82) is 0 Å². The van der Waals surface area contributed by atoms with Crippen LogP contribution >= 0.6 is 0 Å². The van der Waals surface area contributed by atoms with Crippen LogP contribution < -0.4 is 5.32 Å². The van der Waals surface area contributed by atoms with Crippen LogP contribution in [0.1, 0.15) is 31.2 Å². The van der Waals surface area contributed by atoms with Gasteiger partial charge >= 0.3 is 0 Å². The average molecular weight is 258 g/mol. The highest BCUT2D eigenvalue weighted by Gasteiger charge is 2.06. The van der Waals surface area contributed by atoms with Gasteiger partial charge in [-0.3, -0.25) is 4.90 Å². The summed E-state index contributed by atoms with van der Waals surface area (Å²) in [6.45, 7) is 6.71. The zero-order chi connectivity index (χ0) is 13.3. The second-order valence-corrected chi connectivity index (χ2v) is 5.38. The summed E-state index contributed by atoms with van der Waals surface area (Å²) in [4.78, 5) is 2.57. The first-order valence-corrected chi connectivity index (χ1v) is 7.53. The summed E-state index contributed by atoms with van der Waals surface area (Å²) in [5, 5.41) is 3.46. The van der Waals surface area contributed by atoms with Crippen LogP contribution in [-0.2, 0) is 0 Å². The number of benzene rings is 1. The summed E-state index contributed by atoms with van der Waals surface area (Å²) < 4.78 is 0. The standard InChI is InChI=1S/C17H26N2/c1-16-10-4-5-11-17(16)18-12-6-9-15-19-13-7-2-3-8-14-19/h4-6,9-11,18H,2-3,7-8,12-15H2,1H3/b9-6-. The van der Waals surface area contributed by atoms with Gasteiger partial charge in [-0.05, 0) is 44.5 Å². The first kappa shape index (κ1) is 14.1. The molecule has 104 valence electrons. The third kappa shape index (κ3) is 5.07. The number of rotatable bonds is 5. The molecule has 1 N–H and O–H groups in total. The lowest BCUT2D eigenvalue weighted by Crippen LogP contribution is -2.24. The molecule has 1 aromatic rings. The predicted octanol–water partition coefficient (Wildman–Crippen LogP) is 3.84. The number of para-hydroxylation sites is 1. The molecule has 19 heavy (non-hydrogen) atoms. The molecule has 1 aliphatic rings. The Morgan fingerprint density at radius 1 is 1.05 bits per heavy atom. The van der Waals surface area contributed by atoms with Crippen molar-refractivity contribution in [3.8, 4) is 0 Å². The topological polar surface area (TPSA) is 15.3 Å². The molecule has 0 aliphatic carbocycles. The summed E-state index contributed by atoms with van der Waals surface area (Å²) in [5.41, 5.74) is 2.55. The first-order valence-electron chi connectivity index (χ1n) is 7.53. The Hall–Kier alpha value is -1.28. The van der Waals surface area contributed by atoms with Gasteiger partial charge in [0.2, 0.25) is 0 Å². The Kier molecular flexibility index (Phi) is 5.96. The Balaban J connectivity index is 1.67. The molecule has 1 heterocycles. The third-order valence-electron chi connectivity index (χ3n) is 3.78. The zero-order valence-electron chi connectivity index (χ0n) is 12.1. The van der Waals surface area contributed by atoms with Crippen LogP contribution in [0.5, 0.6) is 0 Å². The van der Waals surface area contributed by atoms with E-state index in [9.17, 15) is 0 Å². The lowest BCUT2D eigenvalue weighted by atomic mass is 10.2. The monoisotopic (exact) mass is 258 g/mol. The molecule has 0 aromatic heterocycles. The molecule has 1 aliphatic heterocycles. The van der Waals surface area contributed by atoms with E-state index in [1.165, 1.54) is 50.0 Å². The first-order chi connectivity index (χ1) is 9.36. The van der Waals surface area contributed by atoms with E-state index < -0.39 is 0 Å². The second kappa shape index (κ2) is 8.00. The summed E-state index contributed by atoms with van der Waals surface area (Å²) in [6, 6.07) is 8.44. The van der Waals surface area contributed by atoms with Gasteiger partial charge in [-0.25, -0.2) is 0 Å². The number of likely N-dealkylation sites (tertiary alicyclic amines) is 1. The van der Waals surface area contributed by atoms with E-state index in [1.807, 2.05) is 0 Å². The maximum Gasteiger partial charge on any atom is 0.0372 e. The Labute approximate surface area is 117 Å². The summed E-state index contributed by atoms with van der Waals surface area (Å²) >= 11 is 0. The van der Waals surface area contributed by atoms with Gasteiger partial charge in [-0.2, -0.15) is 0 Å². The third-order valence-corrected chi connectivity index (χ3v) is 3.78. The number of aryl methyl sites for hydroxylation is 1. The number of hydrogen-bond acceptors (Lipinski definition) is 2. The van der Waals surface area contributed by atoms with Crippen molar-refractivity contribution in [2.24, 2.45) is 0 Å². The van der Waals surface area contributed by atoms with Gasteiger partial charge in [0.25, 0.3) is 0 Å². The fourth-order valence-corrected chi connectivity index (χ4v) is 2.57. The summed E-state index contributed by atoms with van der Waals surface area (Å²) in [5.74, 6) is 0. The Morgan fingerprint density at radius 3 is 2.53 bits per heavy atom. The van der Waals surface area contributed by atoms with Crippen LogP contribution in [0.4, 0.5) is 5.69 Å². The molecule has 0 amide bonds. The highest BCUT2D eigenvalue weighted by atomic mass is 15.1. The summed E-state index contributed by atoms with van der Waals surface area (Å²) in [7, 11) is 0. The average Bonchev–Trinajstić information content (AvgIpc) is 2.69. The number of nitrogens with one attached hydrogen (secondary N) is 1. The van der Waals surface area contributed by atoms with E-state index in [-0.39, 0.29) is 0 Å². The van der Waals surface area contributed by atoms with Crippen molar-refractivity contribution in [2.75, 3.05) is 31.5 Å². The molecule has 0 bridgehead atoms. The van der Waals surface area contributed by atoms with E-state index in [0.717, 1.165) is 13.1 Å². The van der Waals surface area contributed by atoms with Crippen molar-refractivity contribution in [3.63, 3.8) is 0 Å². The molecular weight excluding hydrogens is 232 g/mol. The lowest BCUT2D eigenvalue weighted by molar-refractivity contribution is 0.315. The Bertz CT molecular complexity index is 390. The smallest absolute Gasteiger partial charge is 0.0372 e. The fourth-order valence-electron chi connectivity index (χ4n) is 2.57. The van der Waals surface area contributed by atoms with Crippen LogP contribution in [0, 0.1) is 6.92 Å². The van der Waals surface area contributed by atoms with Gasteiger partial charge in [0.15, 0.2) is 0 Å². The number of nitrogens with zero attached hydrogens (tertiary/aromatic N) is 1. The van der Waals surface area contributed by atoms with Crippen LogP contribution in [0.2, 0.25) is 0 Å². The zero-order valence-corrected chi connectivity index (χ0v) is 12.1. The highest BCUT2D eigenvalue weighted by molar-refractivity contribution is 5.50. The van der Waals surface area contributed by atoms with Crippen molar-refractivity contribution in [3.05, 3.63) is 42.0 Å². The van der Waals surface area contributed by atoms with E-state index in [2.05, 4.69) is 53.6 Å². The molecule has 1 aromatic carbocycles. The molecule has 2 heteroatoms. The van der Waals surface area contributed by atoms with E-state index in [4.69, 9.17) is 0 Å². The minimum atomic E-state index is 0.915. The quantitative estimate of drug-likeness (QED) is 0.807. The molecular formula is C17H26N2. The molecule has 0 saturated carbocycles. The van der Waals surface area contributed by atoms with E-state index >= 15 is 0 Å². The van der Waals surface area contributed by atoms with Crippen molar-refractivity contribution >= 4 is 5.69 Å². The number of hydrogen-bond donors (Lipinski definition) is 1. The van der Waals surface area contributed by atoms with Crippen LogP contribution in [-0.4, -0.2) is 31.1 Å². The fraction of sp³-hybridized carbons (Fsp3) is 0.529. The molecule has 1 fully saturated rings. The minimum absolute atomic E-state index is 0.915. The maximum absolute atomic E-state index is 3.46. The van der Waals surface area contributed by atoms with Crippen molar-refractivity contribution in [2.45, 2.75) is 32.6 Å². The molecule has 2 rings (SSSR count). The van der Waals surface area contributed by atoms with Gasteiger partial charge in [-0.1, -0.05) is 43.2 Å². The summed E-state index contributed by atoms with van der Waals surface area (Å²) in [6.07, 6.45) is 10.1. The maximum atomic E-state index is 3.46. The van der Waals surface area contributed by atoms with Crippen LogP contribution in [0.25, 0.3) is 0 Å². The number of anilines is 1. The van der Waals surface area contributed by atoms with E-state index in [0.29, 0.717) is 0 Å². The van der Waals surface area contributed by atoms with Crippen LogP contribution in [0.3, 0.4) is 0 Å². The molecule has 2 nitrogen and oxygen atoms in total. The van der Waals surface area contributed by atoms with Crippen molar-refractivity contribution < 1.29 is 0 Å². The molecule has 0 atom stereocenters. The molecule has 0 radical (unpaired) electrons. The lowest BCUT2D eigenvalue weighted by Gasteiger charge is -2.17. The largest absolute Gasteiger partial charge is 0.381 e. The van der Waals surface area contributed by atoms with Gasteiger partial charge < -0.3 is 5.32 Å². The predicted molar refractivity (Wildman–Crippen MR) is 83.7 cm³/mol. The highest BCUT2D eigenvalue weighted by Crippen LogP contribution is 2.12. The van der Waals surface area contributed by atoms with Gasteiger partial charge in [-0.15, -0.1) is 0 Å². The van der Waals surface area contributed by atoms with Gasteiger partial charge in [0.1, 0.15) is 0 Å². The molecule has 0 unspecified atom stereocenters. The van der Waals surface area contributed by atoms with Gasteiger partial charge in [0, 0.05) is 18.8 Å². The SMILES string of the molecule is Cc1ccccc1NC/C=C\CN1CCCCCC1. The molecule has 0 spiro atoms.